The van der Waals surface area contributed by atoms with Crippen molar-refractivity contribution in [3.05, 3.63) is 24.3 Å². The lowest BCUT2D eigenvalue weighted by molar-refractivity contribution is 0.101. The fraction of sp³-hybridized carbons (Fsp3) is 0.438. The molecule has 1 aromatic carbocycles. The van der Waals surface area contributed by atoms with E-state index in [9.17, 15) is 0 Å². The quantitative estimate of drug-likeness (QED) is 0.935. The fourth-order valence-electron chi connectivity index (χ4n) is 2.74. The number of nitrogens with two attached hydrogens (primary N) is 1. The van der Waals surface area contributed by atoms with Crippen molar-refractivity contribution in [3.8, 4) is 22.8 Å². The van der Waals surface area contributed by atoms with Crippen molar-refractivity contribution in [2.75, 3.05) is 33.0 Å². The van der Waals surface area contributed by atoms with E-state index in [4.69, 9.17) is 19.7 Å². The Balaban J connectivity index is 1.80. The smallest absolute Gasteiger partial charge is 0.222 e. The van der Waals surface area contributed by atoms with Crippen LogP contribution in [0.25, 0.3) is 11.3 Å². The number of piperidine rings is 1. The van der Waals surface area contributed by atoms with Crippen molar-refractivity contribution in [2.24, 2.45) is 0 Å². The molecule has 3 rings (SSSR count). The molecule has 0 bridgehead atoms. The summed E-state index contributed by atoms with van der Waals surface area (Å²) in [4.78, 5) is 2.28. The highest BCUT2D eigenvalue weighted by Gasteiger charge is 2.20. The predicted molar refractivity (Wildman–Crippen MR) is 84.1 cm³/mol. The molecule has 1 fully saturated rings. The van der Waals surface area contributed by atoms with Crippen LogP contribution in [0.2, 0.25) is 0 Å². The van der Waals surface area contributed by atoms with Crippen LogP contribution in [-0.2, 0) is 0 Å². The number of aromatic nitrogens is 1. The van der Waals surface area contributed by atoms with Crippen LogP contribution in [0.5, 0.6) is 11.5 Å². The molecule has 0 saturated carbocycles. The molecule has 1 saturated heterocycles. The van der Waals surface area contributed by atoms with Gasteiger partial charge in [-0.3, -0.25) is 0 Å². The number of likely N-dealkylation sites (tertiary alicyclic amines) is 1. The number of likely N-dealkylation sites (N-methyl/N-ethyl adjacent to an activating group) is 1. The minimum atomic E-state index is 0.196. The van der Waals surface area contributed by atoms with E-state index < -0.39 is 0 Å². The molecule has 22 heavy (non-hydrogen) atoms. The van der Waals surface area contributed by atoms with Crippen LogP contribution in [0.3, 0.4) is 0 Å². The monoisotopic (exact) mass is 303 g/mol. The Morgan fingerprint density at radius 3 is 2.86 bits per heavy atom. The molecular weight excluding hydrogens is 282 g/mol. The summed E-state index contributed by atoms with van der Waals surface area (Å²) < 4.78 is 16.5. The summed E-state index contributed by atoms with van der Waals surface area (Å²) in [6.45, 7) is 2.06. The summed E-state index contributed by atoms with van der Waals surface area (Å²) >= 11 is 0. The topological polar surface area (TPSA) is 73.8 Å². The molecule has 1 aliphatic rings. The van der Waals surface area contributed by atoms with Crippen molar-refractivity contribution in [1.29, 1.82) is 0 Å². The van der Waals surface area contributed by atoms with Gasteiger partial charge in [-0.25, -0.2) is 0 Å². The molecule has 0 spiro atoms. The normalized spacial score (nSPS) is 19.1. The number of hydrogen-bond donors (Lipinski definition) is 1. The first-order chi connectivity index (χ1) is 10.7. The first-order valence-corrected chi connectivity index (χ1v) is 7.41. The number of anilines is 1. The van der Waals surface area contributed by atoms with Crippen molar-refractivity contribution in [1.82, 2.24) is 10.1 Å². The minimum Gasteiger partial charge on any atom is -0.493 e. The lowest BCUT2D eigenvalue weighted by Crippen LogP contribution is -2.38. The fourth-order valence-corrected chi connectivity index (χ4v) is 2.74. The third-order valence-corrected chi connectivity index (χ3v) is 3.86. The molecule has 2 N–H and O–H groups in total. The number of rotatable bonds is 4. The van der Waals surface area contributed by atoms with Crippen molar-refractivity contribution < 1.29 is 14.0 Å². The molecule has 0 radical (unpaired) electrons. The van der Waals surface area contributed by atoms with Crippen LogP contribution in [0.1, 0.15) is 12.8 Å². The molecule has 1 aliphatic heterocycles. The summed E-state index contributed by atoms with van der Waals surface area (Å²) in [5, 5.41) is 3.91. The molecular formula is C16H21N3O3. The molecule has 6 heteroatoms. The van der Waals surface area contributed by atoms with E-state index in [1.165, 1.54) is 0 Å². The first kappa shape index (κ1) is 14.7. The first-order valence-electron chi connectivity index (χ1n) is 7.41. The van der Waals surface area contributed by atoms with Gasteiger partial charge in [-0.05, 0) is 44.6 Å². The third-order valence-electron chi connectivity index (χ3n) is 3.86. The molecule has 118 valence electrons. The largest absolute Gasteiger partial charge is 0.493 e. The lowest BCUT2D eigenvalue weighted by atomic mass is 10.1. The molecule has 0 aliphatic carbocycles. The molecule has 6 nitrogen and oxygen atoms in total. The average Bonchev–Trinajstić information content (AvgIpc) is 2.94. The van der Waals surface area contributed by atoms with E-state index >= 15 is 0 Å². The summed E-state index contributed by atoms with van der Waals surface area (Å²) in [7, 11) is 3.75. The number of benzene rings is 1. The Bertz CT molecular complexity index is 641. The van der Waals surface area contributed by atoms with Gasteiger partial charge in [-0.1, -0.05) is 5.16 Å². The van der Waals surface area contributed by atoms with Crippen LogP contribution >= 0.6 is 0 Å². The maximum atomic E-state index is 6.11. The van der Waals surface area contributed by atoms with E-state index in [2.05, 4.69) is 17.1 Å². The van der Waals surface area contributed by atoms with E-state index in [0.29, 0.717) is 17.3 Å². The van der Waals surface area contributed by atoms with Crippen LogP contribution in [0.15, 0.2) is 28.8 Å². The molecule has 1 atom stereocenters. The Morgan fingerprint density at radius 2 is 2.18 bits per heavy atom. The zero-order chi connectivity index (χ0) is 15.5. The van der Waals surface area contributed by atoms with E-state index in [1.807, 2.05) is 18.2 Å². The highest BCUT2D eigenvalue weighted by molar-refractivity contribution is 5.65. The van der Waals surface area contributed by atoms with Gasteiger partial charge < -0.3 is 24.6 Å². The maximum Gasteiger partial charge on any atom is 0.222 e. The van der Waals surface area contributed by atoms with Gasteiger partial charge in [0.25, 0.3) is 0 Å². The SMILES string of the molecule is COc1cc(-c2cc(N)on2)ccc1OC1CCCN(C)C1. The number of hydrogen-bond acceptors (Lipinski definition) is 6. The van der Waals surface area contributed by atoms with Crippen molar-refractivity contribution in [2.45, 2.75) is 18.9 Å². The van der Waals surface area contributed by atoms with Crippen molar-refractivity contribution >= 4 is 5.88 Å². The Hall–Kier alpha value is -2.21. The second kappa shape index (κ2) is 6.27. The zero-order valence-corrected chi connectivity index (χ0v) is 12.9. The number of methoxy groups -OCH3 is 1. The molecule has 1 unspecified atom stereocenters. The van der Waals surface area contributed by atoms with Gasteiger partial charge in [0.05, 0.1) is 7.11 Å². The molecule has 1 aromatic heterocycles. The van der Waals surface area contributed by atoms with Crippen LogP contribution in [0, 0.1) is 0 Å². The van der Waals surface area contributed by atoms with Crippen LogP contribution < -0.4 is 15.2 Å². The van der Waals surface area contributed by atoms with E-state index in [0.717, 1.165) is 37.2 Å². The third kappa shape index (κ3) is 3.17. The van der Waals surface area contributed by atoms with Crippen LogP contribution in [-0.4, -0.2) is 43.4 Å². The predicted octanol–water partition coefficient (Wildman–Crippen LogP) is 2.41. The van der Waals surface area contributed by atoms with Gasteiger partial charge in [-0.15, -0.1) is 0 Å². The van der Waals surface area contributed by atoms with Crippen molar-refractivity contribution in [3.63, 3.8) is 0 Å². The van der Waals surface area contributed by atoms with Crippen LogP contribution in [0.4, 0.5) is 5.88 Å². The van der Waals surface area contributed by atoms with Gasteiger partial charge >= 0.3 is 0 Å². The standard InChI is InChI=1S/C16H21N3O3/c1-19-7-3-4-12(10-19)21-14-6-5-11(8-15(14)20-2)13-9-16(17)22-18-13/h5-6,8-9,12H,3-4,7,10,17H2,1-2H3. The second-order valence-electron chi connectivity index (χ2n) is 5.62. The van der Waals surface area contributed by atoms with Gasteiger partial charge in [-0.2, -0.15) is 0 Å². The summed E-state index contributed by atoms with van der Waals surface area (Å²) in [5.41, 5.74) is 7.12. The van der Waals surface area contributed by atoms with E-state index in [1.54, 1.807) is 13.2 Å². The lowest BCUT2D eigenvalue weighted by Gasteiger charge is -2.30. The molecule has 0 amide bonds. The van der Waals surface area contributed by atoms with Gasteiger partial charge in [0.2, 0.25) is 5.88 Å². The number of ether oxygens (including phenoxy) is 2. The molecule has 2 heterocycles. The van der Waals surface area contributed by atoms with Gasteiger partial charge in [0, 0.05) is 18.2 Å². The summed E-state index contributed by atoms with van der Waals surface area (Å²) in [6.07, 6.45) is 2.41. The number of nitrogens with zero attached hydrogens (tertiary/aromatic N) is 2. The number of nitrogen functional groups attached to an aromatic ring is 1. The highest BCUT2D eigenvalue weighted by Crippen LogP contribution is 2.34. The van der Waals surface area contributed by atoms with E-state index in [-0.39, 0.29) is 6.10 Å². The Morgan fingerprint density at radius 1 is 1.32 bits per heavy atom. The van der Waals surface area contributed by atoms with Gasteiger partial charge in [0.1, 0.15) is 11.8 Å². The highest BCUT2D eigenvalue weighted by atomic mass is 16.5. The Labute approximate surface area is 129 Å². The Kier molecular flexibility index (Phi) is 4.20. The minimum absolute atomic E-state index is 0.196. The zero-order valence-electron chi connectivity index (χ0n) is 12.9. The average molecular weight is 303 g/mol. The second-order valence-corrected chi connectivity index (χ2v) is 5.62. The maximum absolute atomic E-state index is 6.11. The summed E-state index contributed by atoms with van der Waals surface area (Å²) in [6, 6.07) is 7.42. The summed E-state index contributed by atoms with van der Waals surface area (Å²) in [5.74, 6) is 1.73. The van der Waals surface area contributed by atoms with Gasteiger partial charge in [0.15, 0.2) is 11.5 Å². The molecule has 2 aromatic rings.